The van der Waals surface area contributed by atoms with Crippen LogP contribution in [0, 0.1) is 0 Å². The topological polar surface area (TPSA) is 91.8 Å². The fourth-order valence-electron chi connectivity index (χ4n) is 4.74. The number of nitrogens with one attached hydrogen (secondary N) is 1. The number of ether oxygens (including phenoxy) is 1. The summed E-state index contributed by atoms with van der Waals surface area (Å²) in [5.74, 6) is -0.108. The van der Waals surface area contributed by atoms with Gasteiger partial charge in [0.05, 0.1) is 18.5 Å². The second kappa shape index (κ2) is 15.3. The zero-order chi connectivity index (χ0) is 24.8. The zero-order valence-corrected chi connectivity index (χ0v) is 21.8. The Morgan fingerprint density at radius 1 is 1.11 bits per heavy atom. The number of amides is 1. The Balaban J connectivity index is 1.34. The number of carbonyl (C=O) groups excluding carboxylic acids is 1. The summed E-state index contributed by atoms with van der Waals surface area (Å²) in [6.45, 7) is 6.17. The van der Waals surface area contributed by atoms with Gasteiger partial charge in [0, 0.05) is 51.2 Å². The number of sulfonamides is 1. The Hall–Kier alpha value is -1.81. The van der Waals surface area contributed by atoms with Crippen molar-refractivity contribution in [3.05, 3.63) is 36.2 Å². The van der Waals surface area contributed by atoms with E-state index in [2.05, 4.69) is 15.2 Å². The molecule has 2 fully saturated rings. The number of rotatable bonds is 15. The van der Waals surface area contributed by atoms with E-state index in [0.717, 1.165) is 96.2 Å². The van der Waals surface area contributed by atoms with Gasteiger partial charge in [0.15, 0.2) is 0 Å². The molecule has 196 valence electrons. The first kappa shape index (κ1) is 27.8. The lowest BCUT2D eigenvalue weighted by Crippen LogP contribution is -2.41. The first-order valence-electron chi connectivity index (χ1n) is 13.2. The maximum atomic E-state index is 13.3. The fourth-order valence-corrected chi connectivity index (χ4v) is 6.86. The average molecular weight is 507 g/mol. The van der Waals surface area contributed by atoms with Gasteiger partial charge in [0.1, 0.15) is 0 Å². The van der Waals surface area contributed by atoms with E-state index in [1.165, 1.54) is 6.08 Å². The highest BCUT2D eigenvalue weighted by molar-refractivity contribution is 7.89. The molecule has 1 N–H and O–H groups in total. The zero-order valence-electron chi connectivity index (χ0n) is 20.9. The van der Waals surface area contributed by atoms with Gasteiger partial charge in [-0.3, -0.25) is 14.7 Å². The Morgan fingerprint density at radius 3 is 2.60 bits per heavy atom. The maximum Gasteiger partial charge on any atom is 0.243 e. The van der Waals surface area contributed by atoms with E-state index < -0.39 is 10.0 Å². The highest BCUT2D eigenvalue weighted by Gasteiger charge is 2.33. The van der Waals surface area contributed by atoms with Crippen molar-refractivity contribution in [1.82, 2.24) is 19.5 Å². The lowest BCUT2D eigenvalue weighted by Gasteiger charge is -2.29. The van der Waals surface area contributed by atoms with Gasteiger partial charge in [-0.1, -0.05) is 31.7 Å². The molecular weight excluding hydrogens is 464 g/mol. The highest BCUT2D eigenvalue weighted by Crippen LogP contribution is 2.27. The van der Waals surface area contributed by atoms with Crippen LogP contribution in [-0.4, -0.2) is 86.2 Å². The molecule has 0 unspecified atom stereocenters. The second-order valence-electron chi connectivity index (χ2n) is 9.48. The Morgan fingerprint density at radius 2 is 1.86 bits per heavy atom. The number of unbranched alkanes of at least 4 members (excludes halogenated alkanes) is 3. The number of hydrogen-bond acceptors (Lipinski definition) is 6. The van der Waals surface area contributed by atoms with Crippen molar-refractivity contribution in [2.45, 2.75) is 63.0 Å². The van der Waals surface area contributed by atoms with Crippen LogP contribution in [0.2, 0.25) is 0 Å². The van der Waals surface area contributed by atoms with Gasteiger partial charge in [-0.2, -0.15) is 0 Å². The van der Waals surface area contributed by atoms with Crippen LogP contribution in [0.1, 0.15) is 63.4 Å². The number of carbonyl (C=O) groups is 1. The molecule has 8 nitrogen and oxygen atoms in total. The van der Waals surface area contributed by atoms with E-state index in [4.69, 9.17) is 4.74 Å². The van der Waals surface area contributed by atoms with Crippen molar-refractivity contribution in [2.75, 3.05) is 52.5 Å². The Labute approximate surface area is 211 Å². The average Bonchev–Trinajstić information content (AvgIpc) is 3.43. The van der Waals surface area contributed by atoms with E-state index >= 15 is 0 Å². The minimum Gasteiger partial charge on any atom is -0.379 e. The number of hydrogen-bond donors (Lipinski definition) is 1. The van der Waals surface area contributed by atoms with Crippen molar-refractivity contribution in [1.29, 1.82) is 0 Å². The van der Waals surface area contributed by atoms with Gasteiger partial charge in [0.2, 0.25) is 15.9 Å². The fraction of sp³-hybridized carbons (Fsp3) is 0.692. The highest BCUT2D eigenvalue weighted by atomic mass is 32.2. The third-order valence-electron chi connectivity index (χ3n) is 6.81. The third-order valence-corrected chi connectivity index (χ3v) is 9.21. The molecule has 1 saturated carbocycles. The maximum absolute atomic E-state index is 13.3. The minimum absolute atomic E-state index is 0.108. The summed E-state index contributed by atoms with van der Waals surface area (Å²) in [5.41, 5.74) is 0.893. The normalized spacial score (nSPS) is 18.0. The molecule has 1 saturated heterocycles. The Bertz CT molecular complexity index is 867. The molecule has 1 aliphatic carbocycles. The molecule has 0 bridgehead atoms. The molecule has 1 aliphatic heterocycles. The molecule has 0 radical (unpaired) electrons. The molecule has 1 aromatic rings. The van der Waals surface area contributed by atoms with E-state index in [-0.39, 0.29) is 11.2 Å². The summed E-state index contributed by atoms with van der Waals surface area (Å²) in [6.07, 6.45) is 14.9. The molecule has 0 aromatic carbocycles. The molecule has 1 amide bonds. The van der Waals surface area contributed by atoms with Gasteiger partial charge in [0.25, 0.3) is 0 Å². The van der Waals surface area contributed by atoms with Crippen LogP contribution in [0.4, 0.5) is 0 Å². The van der Waals surface area contributed by atoms with Crippen molar-refractivity contribution in [2.24, 2.45) is 0 Å². The molecule has 3 rings (SSSR count). The summed E-state index contributed by atoms with van der Waals surface area (Å²) in [6, 6.07) is 3.73. The number of nitrogens with zero attached hydrogens (tertiary/aromatic N) is 3. The predicted octanol–water partition coefficient (Wildman–Crippen LogP) is 3.07. The molecular formula is C26H42N4O4S. The quantitative estimate of drug-likeness (QED) is 0.290. The minimum atomic E-state index is -3.22. The van der Waals surface area contributed by atoms with Crippen LogP contribution >= 0.6 is 0 Å². The molecule has 35 heavy (non-hydrogen) atoms. The van der Waals surface area contributed by atoms with Crippen molar-refractivity contribution in [3.8, 4) is 0 Å². The summed E-state index contributed by atoms with van der Waals surface area (Å²) < 4.78 is 33.7. The Kier molecular flexibility index (Phi) is 12.2. The van der Waals surface area contributed by atoms with Crippen molar-refractivity contribution < 1.29 is 17.9 Å². The molecule has 2 heterocycles. The van der Waals surface area contributed by atoms with E-state index in [9.17, 15) is 13.2 Å². The number of morpholine rings is 1. The first-order chi connectivity index (χ1) is 17.1. The summed E-state index contributed by atoms with van der Waals surface area (Å²) in [4.78, 5) is 18.3. The van der Waals surface area contributed by atoms with Crippen molar-refractivity contribution >= 4 is 22.0 Å². The summed E-state index contributed by atoms with van der Waals surface area (Å²) >= 11 is 0. The third kappa shape index (κ3) is 9.99. The SMILES string of the molecule is O=C(/C=C/c1cccnc1)NCCCCCCN(CCCN1CCOCC1)S(=O)(=O)C1CCCC1. The van der Waals surface area contributed by atoms with Gasteiger partial charge in [-0.05, 0) is 56.4 Å². The summed E-state index contributed by atoms with van der Waals surface area (Å²) in [5, 5.41) is 2.71. The van der Waals surface area contributed by atoms with Crippen LogP contribution in [0.15, 0.2) is 30.6 Å². The van der Waals surface area contributed by atoms with Crippen LogP contribution < -0.4 is 5.32 Å². The predicted molar refractivity (Wildman–Crippen MR) is 139 cm³/mol. The van der Waals surface area contributed by atoms with E-state index in [1.54, 1.807) is 22.8 Å². The molecule has 1 aromatic heterocycles. The number of aromatic nitrogens is 1. The first-order valence-corrected chi connectivity index (χ1v) is 14.7. The number of pyridine rings is 1. The molecule has 2 aliphatic rings. The van der Waals surface area contributed by atoms with Gasteiger partial charge in [-0.15, -0.1) is 0 Å². The van der Waals surface area contributed by atoms with Gasteiger partial charge < -0.3 is 10.1 Å². The lowest BCUT2D eigenvalue weighted by molar-refractivity contribution is -0.116. The summed E-state index contributed by atoms with van der Waals surface area (Å²) in [7, 11) is -3.22. The van der Waals surface area contributed by atoms with Crippen LogP contribution in [0.25, 0.3) is 6.08 Å². The second-order valence-corrected chi connectivity index (χ2v) is 11.7. The van der Waals surface area contributed by atoms with Crippen LogP contribution in [-0.2, 0) is 19.6 Å². The molecule has 0 atom stereocenters. The molecule has 9 heteroatoms. The van der Waals surface area contributed by atoms with Crippen LogP contribution in [0.3, 0.4) is 0 Å². The monoisotopic (exact) mass is 506 g/mol. The largest absolute Gasteiger partial charge is 0.379 e. The van der Waals surface area contributed by atoms with Gasteiger partial charge >= 0.3 is 0 Å². The lowest BCUT2D eigenvalue weighted by atomic mass is 10.2. The van der Waals surface area contributed by atoms with Crippen LogP contribution in [0.5, 0.6) is 0 Å². The van der Waals surface area contributed by atoms with Gasteiger partial charge in [-0.25, -0.2) is 12.7 Å². The van der Waals surface area contributed by atoms with E-state index in [1.807, 2.05) is 12.1 Å². The standard InChI is InChI=1S/C26H42N4O4S/c31-26(13-12-24-9-7-14-27-23-24)28-15-5-1-2-6-17-30(35(32,33)25-10-3-4-11-25)18-8-16-29-19-21-34-22-20-29/h7,9,12-14,23,25H,1-6,8,10-11,15-22H2,(H,28,31)/b13-12+. The smallest absolute Gasteiger partial charge is 0.243 e. The van der Waals surface area contributed by atoms with Crippen molar-refractivity contribution in [3.63, 3.8) is 0 Å². The molecule has 0 spiro atoms. The van der Waals surface area contributed by atoms with E-state index in [0.29, 0.717) is 19.6 Å².